The van der Waals surface area contributed by atoms with Crippen molar-refractivity contribution >= 4 is 16.7 Å². The second-order valence-electron chi connectivity index (χ2n) is 5.58. The molecule has 8 heteroatoms. The summed E-state index contributed by atoms with van der Waals surface area (Å²) in [5, 5.41) is 7.69. The highest BCUT2D eigenvalue weighted by Gasteiger charge is 2.22. The Kier molecular flexibility index (Phi) is 4.35. The number of H-pyrrole nitrogens is 1. The lowest BCUT2D eigenvalue weighted by molar-refractivity contribution is 0.0601. The topological polar surface area (TPSA) is 103 Å². The minimum atomic E-state index is -0.497. The molecule has 0 aliphatic rings. The molecule has 25 heavy (non-hydrogen) atoms. The Morgan fingerprint density at radius 3 is 2.52 bits per heavy atom. The molecule has 0 aromatic carbocycles. The molecule has 3 heterocycles. The molecule has 0 spiro atoms. The highest BCUT2D eigenvalue weighted by atomic mass is 16.5. The van der Waals surface area contributed by atoms with Crippen LogP contribution in [0.2, 0.25) is 0 Å². The van der Waals surface area contributed by atoms with E-state index in [-0.39, 0.29) is 11.5 Å². The number of carbonyl (C=O) groups is 1. The molecule has 0 fully saturated rings. The third-order valence-electron chi connectivity index (χ3n) is 4.07. The van der Waals surface area contributed by atoms with Crippen molar-refractivity contribution in [2.45, 2.75) is 33.6 Å². The van der Waals surface area contributed by atoms with Crippen LogP contribution < -0.4 is 5.56 Å². The average molecular weight is 341 g/mol. The first-order chi connectivity index (χ1) is 12.0. The molecule has 0 saturated heterocycles. The van der Waals surface area contributed by atoms with Crippen molar-refractivity contribution in [3.8, 4) is 5.95 Å². The molecule has 0 bridgehead atoms. The zero-order valence-electron chi connectivity index (χ0n) is 14.6. The van der Waals surface area contributed by atoms with Crippen LogP contribution in [-0.2, 0) is 17.6 Å². The lowest BCUT2D eigenvalue weighted by Gasteiger charge is -2.13. The van der Waals surface area contributed by atoms with Crippen LogP contribution in [0.5, 0.6) is 0 Å². The summed E-state index contributed by atoms with van der Waals surface area (Å²) in [4.78, 5) is 34.1. The number of esters is 1. The number of aromatic amines is 1. The van der Waals surface area contributed by atoms with E-state index in [2.05, 4.69) is 20.2 Å². The molecule has 3 aromatic heterocycles. The molecule has 0 radical (unpaired) electrons. The number of ether oxygens (including phenoxy) is 1. The van der Waals surface area contributed by atoms with Crippen molar-refractivity contribution in [2.24, 2.45) is 0 Å². The van der Waals surface area contributed by atoms with Crippen molar-refractivity contribution in [1.29, 1.82) is 0 Å². The number of nitrogens with zero attached hydrogens (tertiary/aromatic N) is 4. The molecule has 0 saturated carbocycles. The Bertz CT molecular complexity index is 1020. The Labute approximate surface area is 143 Å². The van der Waals surface area contributed by atoms with E-state index in [1.807, 2.05) is 13.8 Å². The zero-order valence-corrected chi connectivity index (χ0v) is 14.6. The highest BCUT2D eigenvalue weighted by molar-refractivity contribution is 6.05. The van der Waals surface area contributed by atoms with Crippen LogP contribution in [0.1, 0.15) is 41.4 Å². The van der Waals surface area contributed by atoms with Crippen LogP contribution in [0.3, 0.4) is 0 Å². The average Bonchev–Trinajstić information content (AvgIpc) is 3.05. The minimum absolute atomic E-state index is 0.255. The van der Waals surface area contributed by atoms with Gasteiger partial charge in [-0.3, -0.25) is 19.4 Å². The second-order valence-corrected chi connectivity index (χ2v) is 5.58. The quantitative estimate of drug-likeness (QED) is 0.725. The Balaban J connectivity index is 2.42. The van der Waals surface area contributed by atoms with Crippen LogP contribution in [0.4, 0.5) is 0 Å². The number of hydrogen-bond acceptors (Lipinski definition) is 6. The van der Waals surface area contributed by atoms with Crippen molar-refractivity contribution in [2.75, 3.05) is 7.11 Å². The maximum atomic E-state index is 13.1. The third-order valence-corrected chi connectivity index (χ3v) is 4.07. The highest BCUT2D eigenvalue weighted by Crippen LogP contribution is 2.24. The van der Waals surface area contributed by atoms with Gasteiger partial charge in [-0.2, -0.15) is 4.98 Å². The number of carbonyl (C=O) groups excluding carboxylic acids is 1. The second kappa shape index (κ2) is 6.46. The summed E-state index contributed by atoms with van der Waals surface area (Å²) in [6, 6.07) is 1.72. The maximum Gasteiger partial charge on any atom is 0.340 e. The van der Waals surface area contributed by atoms with E-state index in [4.69, 9.17) is 4.74 Å². The van der Waals surface area contributed by atoms with Crippen molar-refractivity contribution in [3.05, 3.63) is 45.4 Å². The summed E-state index contributed by atoms with van der Waals surface area (Å²) in [6.07, 6.45) is 2.70. The summed E-state index contributed by atoms with van der Waals surface area (Å²) in [6.45, 7) is 5.59. The van der Waals surface area contributed by atoms with Crippen molar-refractivity contribution in [1.82, 2.24) is 24.7 Å². The van der Waals surface area contributed by atoms with Crippen LogP contribution in [0, 0.1) is 6.92 Å². The van der Waals surface area contributed by atoms with Crippen LogP contribution >= 0.6 is 0 Å². The number of aromatic nitrogens is 5. The van der Waals surface area contributed by atoms with Crippen LogP contribution in [0.25, 0.3) is 16.7 Å². The number of fused-ring (bicyclic) bond motifs is 1. The Morgan fingerprint density at radius 2 is 1.96 bits per heavy atom. The molecular formula is C17H19N5O3. The number of methoxy groups -OCH3 is 1. The minimum Gasteiger partial charge on any atom is -0.465 e. The molecular weight excluding hydrogens is 322 g/mol. The third kappa shape index (κ3) is 2.69. The van der Waals surface area contributed by atoms with E-state index in [0.29, 0.717) is 46.4 Å². The number of nitrogens with one attached hydrogen (secondary N) is 1. The number of rotatable bonds is 4. The summed E-state index contributed by atoms with van der Waals surface area (Å²) in [5.74, 6) is 0.362. The number of aryl methyl sites for hydroxylation is 3. The molecule has 130 valence electrons. The number of hydrogen-bond donors (Lipinski definition) is 1. The van der Waals surface area contributed by atoms with Crippen LogP contribution in [-0.4, -0.2) is 37.8 Å². The molecule has 0 unspecified atom stereocenters. The van der Waals surface area contributed by atoms with Gasteiger partial charge in [0.25, 0.3) is 11.5 Å². The van der Waals surface area contributed by atoms with Gasteiger partial charge < -0.3 is 4.74 Å². The lowest BCUT2D eigenvalue weighted by Crippen LogP contribution is -2.22. The predicted molar refractivity (Wildman–Crippen MR) is 92.1 cm³/mol. The van der Waals surface area contributed by atoms with E-state index < -0.39 is 5.97 Å². The fourth-order valence-corrected chi connectivity index (χ4v) is 2.89. The molecule has 0 atom stereocenters. The van der Waals surface area contributed by atoms with E-state index >= 15 is 0 Å². The zero-order chi connectivity index (χ0) is 18.1. The van der Waals surface area contributed by atoms with E-state index in [9.17, 15) is 9.59 Å². The smallest absolute Gasteiger partial charge is 0.340 e. The van der Waals surface area contributed by atoms with Crippen molar-refractivity contribution in [3.63, 3.8) is 0 Å². The molecule has 1 N–H and O–H groups in total. The number of pyridine rings is 2. The van der Waals surface area contributed by atoms with Gasteiger partial charge >= 0.3 is 5.97 Å². The standard InChI is InChI=1S/C17H19N5O3/c1-5-11-13-10(14(16(24)25-4)12(6-2)19-11)7-8-22(15(13)23)17-18-9(3)20-21-17/h7-8H,5-6H2,1-4H3,(H,18,20,21). The normalized spacial score (nSPS) is 11.0. The monoisotopic (exact) mass is 341 g/mol. The summed E-state index contributed by atoms with van der Waals surface area (Å²) >= 11 is 0. The Hall–Kier alpha value is -3.03. The predicted octanol–water partition coefficient (Wildman–Crippen LogP) is 1.72. The van der Waals surface area contributed by atoms with Gasteiger partial charge in [-0.25, -0.2) is 4.79 Å². The first-order valence-electron chi connectivity index (χ1n) is 8.06. The summed E-state index contributed by atoms with van der Waals surface area (Å²) in [7, 11) is 1.32. The van der Waals surface area contributed by atoms with Gasteiger partial charge in [0.05, 0.1) is 29.4 Å². The summed E-state index contributed by atoms with van der Waals surface area (Å²) < 4.78 is 6.25. The van der Waals surface area contributed by atoms with Gasteiger partial charge in [-0.15, -0.1) is 5.10 Å². The van der Waals surface area contributed by atoms with Crippen LogP contribution in [0.15, 0.2) is 17.1 Å². The SMILES string of the molecule is CCc1nc(CC)c2c(=O)n(-c3n[nH]c(C)n3)ccc2c1C(=O)OC. The Morgan fingerprint density at radius 1 is 1.24 bits per heavy atom. The molecule has 0 aliphatic carbocycles. The van der Waals surface area contributed by atoms with Gasteiger partial charge in [0.2, 0.25) is 0 Å². The first kappa shape index (κ1) is 16.8. The lowest BCUT2D eigenvalue weighted by atomic mass is 10.0. The van der Waals surface area contributed by atoms with Gasteiger partial charge in [0.15, 0.2) is 0 Å². The molecule has 3 aromatic rings. The van der Waals surface area contributed by atoms with E-state index in [1.165, 1.54) is 11.7 Å². The molecule has 3 rings (SSSR count). The van der Waals surface area contributed by atoms with Gasteiger partial charge in [0.1, 0.15) is 5.82 Å². The van der Waals surface area contributed by atoms with Gasteiger partial charge in [-0.05, 0) is 25.8 Å². The van der Waals surface area contributed by atoms with E-state index in [1.54, 1.807) is 19.2 Å². The molecule has 0 amide bonds. The van der Waals surface area contributed by atoms with E-state index in [0.717, 1.165) is 0 Å². The fraction of sp³-hybridized carbons (Fsp3) is 0.353. The fourth-order valence-electron chi connectivity index (χ4n) is 2.89. The molecule has 0 aliphatic heterocycles. The largest absolute Gasteiger partial charge is 0.465 e. The van der Waals surface area contributed by atoms with Gasteiger partial charge in [0, 0.05) is 11.6 Å². The van der Waals surface area contributed by atoms with Crippen molar-refractivity contribution < 1.29 is 9.53 Å². The first-order valence-corrected chi connectivity index (χ1v) is 8.06. The van der Waals surface area contributed by atoms with Gasteiger partial charge in [-0.1, -0.05) is 13.8 Å². The molecule has 8 nitrogen and oxygen atoms in total. The maximum absolute atomic E-state index is 13.1. The summed E-state index contributed by atoms with van der Waals surface area (Å²) in [5.41, 5.74) is 1.30.